The fraction of sp³-hybridized carbons (Fsp3) is 0.579. The van der Waals surface area contributed by atoms with Gasteiger partial charge in [0.1, 0.15) is 6.54 Å². The molecule has 1 atom stereocenters. The average molecular weight is 399 g/mol. The molecule has 1 fully saturated rings. The van der Waals surface area contributed by atoms with E-state index >= 15 is 0 Å². The predicted molar refractivity (Wildman–Crippen MR) is 102 cm³/mol. The molecule has 8 heteroatoms. The summed E-state index contributed by atoms with van der Waals surface area (Å²) in [5, 5.41) is 7.20. The number of carbonyl (C=O) groups excluding carboxylic acids is 1. The quantitative estimate of drug-likeness (QED) is 0.819. The van der Waals surface area contributed by atoms with Gasteiger partial charge in [-0.15, -0.1) is 11.8 Å². The fourth-order valence-corrected chi connectivity index (χ4v) is 4.95. The Bertz CT molecular complexity index is 709. The van der Waals surface area contributed by atoms with Crippen molar-refractivity contribution in [2.24, 2.45) is 5.10 Å². The Labute approximate surface area is 161 Å². The second-order valence-electron chi connectivity index (χ2n) is 7.26. The lowest BCUT2D eigenvalue weighted by Gasteiger charge is -2.33. The monoisotopic (exact) mass is 399 g/mol. The molecule has 1 amide bonds. The van der Waals surface area contributed by atoms with Crippen LogP contribution in [0.15, 0.2) is 23.3 Å². The third-order valence-electron chi connectivity index (χ3n) is 4.67. The number of benzene rings is 1. The Balaban J connectivity index is 1.88. The molecule has 0 saturated heterocycles. The van der Waals surface area contributed by atoms with E-state index in [1.54, 1.807) is 0 Å². The molecule has 4 nitrogen and oxygen atoms in total. The highest BCUT2D eigenvalue weighted by Crippen LogP contribution is 2.32. The third-order valence-corrected chi connectivity index (χ3v) is 6.12. The van der Waals surface area contributed by atoms with Gasteiger partial charge in [-0.2, -0.15) is 18.3 Å². The number of hydrogen-bond donors (Lipinski definition) is 1. The highest BCUT2D eigenvalue weighted by Gasteiger charge is 2.40. The first-order chi connectivity index (χ1) is 12.7. The minimum absolute atomic E-state index is 0.284. The summed E-state index contributed by atoms with van der Waals surface area (Å²) in [5.74, 6) is -0.310. The number of nitrogens with zero attached hydrogens (tertiary/aromatic N) is 2. The van der Waals surface area contributed by atoms with Gasteiger partial charge in [0, 0.05) is 10.8 Å². The smallest absolute Gasteiger partial charge is 0.348 e. The number of alkyl halides is 3. The van der Waals surface area contributed by atoms with Crippen LogP contribution in [0.1, 0.15) is 48.8 Å². The maximum absolute atomic E-state index is 13.0. The summed E-state index contributed by atoms with van der Waals surface area (Å²) in [6.45, 7) is 2.48. The van der Waals surface area contributed by atoms with Crippen molar-refractivity contribution in [3.8, 4) is 0 Å². The molecule has 1 aliphatic carbocycles. The van der Waals surface area contributed by atoms with E-state index in [1.165, 1.54) is 18.2 Å². The summed E-state index contributed by atoms with van der Waals surface area (Å²) in [6, 6.07) is 5.71. The fourth-order valence-electron chi connectivity index (χ4n) is 3.54. The standard InChI is InChI=1S/C19H24F3N3OS/c1-12-8-13(2)10-14(9-12)16-23-17(27-15-6-4-3-5-7-15)18(26)25(24-16)11-19(20,21)22/h8-10,15,17H,3-7,11H2,1-2H3,(H,23,24). The number of halogens is 3. The van der Waals surface area contributed by atoms with Gasteiger partial charge >= 0.3 is 6.18 Å². The molecule has 0 spiro atoms. The molecule has 3 rings (SSSR count). The number of aryl methyl sites for hydroxylation is 2. The van der Waals surface area contributed by atoms with Crippen LogP contribution in [0.3, 0.4) is 0 Å². The van der Waals surface area contributed by atoms with E-state index in [1.807, 2.05) is 32.0 Å². The van der Waals surface area contributed by atoms with E-state index in [-0.39, 0.29) is 5.25 Å². The topological polar surface area (TPSA) is 44.7 Å². The molecule has 1 aromatic carbocycles. The number of hydrogen-bond acceptors (Lipinski definition) is 4. The first-order valence-electron chi connectivity index (χ1n) is 9.19. The SMILES string of the molecule is Cc1cc(C)cc(C2=NN(CC(F)(F)F)C(=O)C(SC3CCCCC3)N2)c1. The molecule has 148 valence electrons. The summed E-state index contributed by atoms with van der Waals surface area (Å²) in [4.78, 5) is 12.6. The highest BCUT2D eigenvalue weighted by molar-refractivity contribution is 8.01. The zero-order chi connectivity index (χ0) is 19.6. The molecule has 1 saturated carbocycles. The minimum Gasteiger partial charge on any atom is -0.348 e. The molecule has 27 heavy (non-hydrogen) atoms. The largest absolute Gasteiger partial charge is 0.408 e. The van der Waals surface area contributed by atoms with Crippen molar-refractivity contribution in [1.82, 2.24) is 10.3 Å². The Hall–Kier alpha value is -1.70. The number of thioether (sulfide) groups is 1. The third kappa shape index (κ3) is 5.40. The van der Waals surface area contributed by atoms with Crippen molar-refractivity contribution in [2.45, 2.75) is 62.8 Å². The molecule has 1 aromatic rings. The van der Waals surface area contributed by atoms with Gasteiger partial charge in [0.15, 0.2) is 11.2 Å². The van der Waals surface area contributed by atoms with E-state index in [9.17, 15) is 18.0 Å². The number of amides is 1. The van der Waals surface area contributed by atoms with Gasteiger partial charge < -0.3 is 5.32 Å². The van der Waals surface area contributed by atoms with Crippen LogP contribution in [0.4, 0.5) is 13.2 Å². The summed E-state index contributed by atoms with van der Waals surface area (Å²) < 4.78 is 38.9. The Morgan fingerprint density at radius 2 is 1.78 bits per heavy atom. The Kier molecular flexibility index (Phi) is 6.03. The lowest BCUT2D eigenvalue weighted by atomic mass is 10.0. The van der Waals surface area contributed by atoms with Crippen LogP contribution < -0.4 is 5.32 Å². The van der Waals surface area contributed by atoms with E-state index in [4.69, 9.17) is 0 Å². The van der Waals surface area contributed by atoms with Gasteiger partial charge in [0.2, 0.25) is 0 Å². The molecular formula is C19H24F3N3OS. The van der Waals surface area contributed by atoms with Crippen molar-refractivity contribution in [1.29, 1.82) is 0 Å². The molecule has 0 radical (unpaired) electrons. The summed E-state index contributed by atoms with van der Waals surface area (Å²) in [6.07, 6.45) is 0.866. The molecule has 1 heterocycles. The van der Waals surface area contributed by atoms with Crippen molar-refractivity contribution >= 4 is 23.5 Å². The summed E-state index contributed by atoms with van der Waals surface area (Å²) >= 11 is 1.44. The molecule has 2 aliphatic rings. The molecule has 0 bridgehead atoms. The number of carbonyl (C=O) groups is 1. The average Bonchev–Trinajstić information content (AvgIpc) is 2.57. The van der Waals surface area contributed by atoms with Gasteiger partial charge in [-0.05, 0) is 38.8 Å². The number of rotatable bonds is 4. The van der Waals surface area contributed by atoms with Gasteiger partial charge in [-0.3, -0.25) is 4.79 Å². The van der Waals surface area contributed by atoms with Gasteiger partial charge in [-0.25, -0.2) is 5.01 Å². The van der Waals surface area contributed by atoms with Crippen LogP contribution in [0.2, 0.25) is 0 Å². The predicted octanol–water partition coefficient (Wildman–Crippen LogP) is 4.35. The first kappa shape index (κ1) is 20.0. The zero-order valence-electron chi connectivity index (χ0n) is 15.5. The number of nitrogens with one attached hydrogen (secondary N) is 1. The Morgan fingerprint density at radius 3 is 2.37 bits per heavy atom. The van der Waals surface area contributed by atoms with E-state index in [0.717, 1.165) is 36.8 Å². The van der Waals surface area contributed by atoms with Gasteiger partial charge in [-0.1, -0.05) is 36.5 Å². The summed E-state index contributed by atoms with van der Waals surface area (Å²) in [7, 11) is 0. The lowest BCUT2D eigenvalue weighted by Crippen LogP contribution is -2.53. The second-order valence-corrected chi connectivity index (χ2v) is 8.67. The van der Waals surface area contributed by atoms with E-state index in [2.05, 4.69) is 10.4 Å². The van der Waals surface area contributed by atoms with Crippen LogP contribution in [-0.2, 0) is 4.79 Å². The van der Waals surface area contributed by atoms with Crippen molar-refractivity contribution in [3.63, 3.8) is 0 Å². The highest BCUT2D eigenvalue weighted by atomic mass is 32.2. The maximum Gasteiger partial charge on any atom is 0.408 e. The maximum atomic E-state index is 13.0. The van der Waals surface area contributed by atoms with Gasteiger partial charge in [0.05, 0.1) is 0 Å². The van der Waals surface area contributed by atoms with Crippen LogP contribution >= 0.6 is 11.8 Å². The second kappa shape index (κ2) is 8.12. The normalized spacial score (nSPS) is 21.8. The van der Waals surface area contributed by atoms with E-state index in [0.29, 0.717) is 16.4 Å². The van der Waals surface area contributed by atoms with Crippen molar-refractivity contribution < 1.29 is 18.0 Å². The van der Waals surface area contributed by atoms with Crippen molar-refractivity contribution in [3.05, 3.63) is 34.9 Å². The minimum atomic E-state index is -4.50. The van der Waals surface area contributed by atoms with E-state index < -0.39 is 24.0 Å². The molecule has 1 unspecified atom stereocenters. The number of hydrazone groups is 1. The Morgan fingerprint density at radius 1 is 1.15 bits per heavy atom. The molecule has 1 aliphatic heterocycles. The van der Waals surface area contributed by atoms with Crippen LogP contribution in [0, 0.1) is 13.8 Å². The molecule has 0 aromatic heterocycles. The molecular weight excluding hydrogens is 375 g/mol. The van der Waals surface area contributed by atoms with Crippen LogP contribution in [0.25, 0.3) is 0 Å². The molecule has 1 N–H and O–H groups in total. The van der Waals surface area contributed by atoms with Crippen LogP contribution in [-0.4, -0.2) is 40.1 Å². The zero-order valence-corrected chi connectivity index (χ0v) is 16.3. The number of amidine groups is 1. The van der Waals surface area contributed by atoms with Crippen LogP contribution in [0.5, 0.6) is 0 Å². The lowest BCUT2D eigenvalue weighted by molar-refractivity contribution is -0.161. The van der Waals surface area contributed by atoms with Gasteiger partial charge in [0.25, 0.3) is 5.91 Å². The summed E-state index contributed by atoms with van der Waals surface area (Å²) in [5.41, 5.74) is 2.68. The van der Waals surface area contributed by atoms with Crippen molar-refractivity contribution in [2.75, 3.05) is 6.54 Å². The first-order valence-corrected chi connectivity index (χ1v) is 10.1.